The van der Waals surface area contributed by atoms with Gasteiger partial charge in [-0.2, -0.15) is 143 Å². The van der Waals surface area contributed by atoms with Crippen molar-refractivity contribution >= 4 is 61.5 Å². The SMILES string of the molecule is COc1cnn(C)c1.Cc1ccoc1.Cc1ccsc1.Cc1cnn(C)c1.Cn1cc(Br)cn1.Cn1cc(C#N)cn1.Cn1cc(C(F)(F)F)cn1.Cn1cc(Cl)cn1.Cn1cc(F)cn1.Cn1cc(I)cn1.Cn1ccc(C(F)(F)F)c1.Cn1ccc(C(F)(F)F)n1.Cn1cccc1.Cn1cccn1.Cn1ccnc1.Cn1cnc(C(F)(F)F)c1.Cn1cncn1.Cn1nnc(C(F)(F)F)n1. The molecule has 0 N–H and O–H groups in total. The van der Waals surface area contributed by atoms with Gasteiger partial charge < -0.3 is 27.4 Å². The van der Waals surface area contributed by atoms with Crippen molar-refractivity contribution in [1.29, 1.82) is 5.26 Å². The molecule has 18 rings (SSSR count). The summed E-state index contributed by atoms with van der Waals surface area (Å²) in [6.07, 6.45) is 29.1. The van der Waals surface area contributed by atoms with Crippen molar-refractivity contribution in [3.05, 3.63) is 322 Å². The monoisotopic (exact) mass is 2160 g/mol. The summed E-state index contributed by atoms with van der Waals surface area (Å²) < 4.78 is 223. The van der Waals surface area contributed by atoms with Crippen molar-refractivity contribution in [2.45, 2.75) is 51.7 Å². The molecule has 0 aliphatic carbocycles. The lowest BCUT2D eigenvalue weighted by molar-refractivity contribution is -0.145. The maximum atomic E-state index is 11.8. The van der Waals surface area contributed by atoms with E-state index in [2.05, 4.69) is 149 Å². The molecule has 0 atom stereocenters. The van der Waals surface area contributed by atoms with Gasteiger partial charge in [0, 0.05) is 205 Å². The van der Waals surface area contributed by atoms with E-state index >= 15 is 0 Å². The number of tetrazole rings is 1. The van der Waals surface area contributed by atoms with E-state index in [0.717, 1.165) is 67.6 Å². The second kappa shape index (κ2) is 63.2. The molecule has 0 bridgehead atoms. The highest BCUT2D eigenvalue weighted by Crippen LogP contribution is 2.31. The highest BCUT2D eigenvalue weighted by molar-refractivity contribution is 14.1. The quantitative estimate of drug-likeness (QED) is 0.109. The molecule has 0 fully saturated rings. The Morgan fingerprint density at radius 3 is 1.20 bits per heavy atom. The summed E-state index contributed by atoms with van der Waals surface area (Å²) in [4.78, 5) is 11.3. The molecule has 18 aromatic heterocycles. The number of nitrogens with zero attached hydrogens (tertiary/aromatic N) is 34. The first-order valence-electron chi connectivity index (χ1n) is 38.3. The van der Waals surface area contributed by atoms with Gasteiger partial charge in [0.25, 0.3) is 5.82 Å². The van der Waals surface area contributed by atoms with Gasteiger partial charge in [0.2, 0.25) is 0 Å². The van der Waals surface area contributed by atoms with Crippen LogP contribution in [-0.2, 0) is 144 Å². The van der Waals surface area contributed by atoms with Gasteiger partial charge in [-0.05, 0) is 134 Å². The van der Waals surface area contributed by atoms with Gasteiger partial charge in [-0.25, -0.2) is 19.3 Å². The fourth-order valence-electron chi connectivity index (χ4n) is 7.88. The highest BCUT2D eigenvalue weighted by atomic mass is 127. The summed E-state index contributed by atoms with van der Waals surface area (Å²) in [5.74, 6) is -0.704. The first-order valence-corrected chi connectivity index (χ1v) is 41.5. The topological polar surface area (TPSA) is 344 Å². The Morgan fingerprint density at radius 2 is 1.01 bits per heavy atom. The summed E-state index contributed by atoms with van der Waals surface area (Å²) in [5, 5.41) is 62.7. The second-order valence-corrected chi connectivity index (χ2v) is 30.3. The third-order valence-electron chi connectivity index (χ3n) is 14.1. The van der Waals surface area contributed by atoms with Crippen molar-refractivity contribution in [3.8, 4) is 11.8 Å². The van der Waals surface area contributed by atoms with Crippen LogP contribution in [0.4, 0.5) is 70.2 Å². The van der Waals surface area contributed by atoms with Crippen LogP contribution in [0.25, 0.3) is 0 Å². The predicted molar refractivity (Wildman–Crippen MR) is 488 cm³/mol. The van der Waals surface area contributed by atoms with E-state index in [1.54, 1.807) is 152 Å². The number of halogens is 19. The maximum absolute atomic E-state index is 11.8. The average molecular weight is 2160 g/mol. The Bertz CT molecular complexity index is 5170. The molecule has 0 aliphatic rings. The number of aromatic nitrogens is 33. The molecule has 36 nitrogen and oxygen atoms in total. The average Bonchev–Trinajstić information content (AvgIpc) is 1.75. The number of imidazole rings is 2. The summed E-state index contributed by atoms with van der Waals surface area (Å²) in [7, 11) is 29.3. The Morgan fingerprint density at radius 1 is 0.438 bits per heavy atom. The van der Waals surface area contributed by atoms with Crippen LogP contribution in [0.1, 0.15) is 50.6 Å². The van der Waals surface area contributed by atoms with Gasteiger partial charge in [-0.15, -0.1) is 10.2 Å². The molecule has 0 aromatic carbocycles. The van der Waals surface area contributed by atoms with Crippen LogP contribution in [0.3, 0.4) is 0 Å². The summed E-state index contributed by atoms with van der Waals surface area (Å²) in [6.45, 7) is 6.10. The molecule has 0 radical (unpaired) electrons. The lowest BCUT2D eigenvalue weighted by atomic mass is 10.3. The van der Waals surface area contributed by atoms with Gasteiger partial charge >= 0.3 is 30.9 Å². The van der Waals surface area contributed by atoms with Gasteiger partial charge in [0.1, 0.15) is 18.7 Å². The van der Waals surface area contributed by atoms with Crippen molar-refractivity contribution < 1.29 is 79.4 Å². The molecule has 137 heavy (non-hydrogen) atoms. The Labute approximate surface area is 807 Å². The fourth-order valence-corrected chi connectivity index (χ4v) is 9.64. The van der Waals surface area contributed by atoms with Gasteiger partial charge in [-0.3, -0.25) is 51.5 Å². The number of aryl methyl sites for hydroxylation is 19. The first-order chi connectivity index (χ1) is 63.9. The van der Waals surface area contributed by atoms with Crippen molar-refractivity contribution in [2.24, 2.45) is 113 Å². The maximum Gasteiger partial charge on any atom is 0.455 e. The number of thiophene rings is 1. The standard InChI is InChI=1S/C6H6F3N.3C5H5F3N2.C5H5N3.C5H8N2O.C5H8N2.C5H7N.C5H6O.C5H6S.C4H5BrN2.C4H5ClN2.C4H5FN2.C4H5IN2.2C4H6N2.C3H3F3N4.C3H5N3/c1-10-3-2-5(4-10)6(7,8)9;1-10-2-4(9-3-10)5(6,7)8;1-10-3-4(2-9-10)5(6,7)8;1-10-3-2-4(9-10)5(6,7)8;1-8-4-5(2-6)3-7-8;1-7-4-5(8-2)3-6-7;1-5-3-6-7(2)4-5;1-6-4-2-3-5-6;2*1-5-2-3-6-4-5;4*1-7-3-4(5)2-6-7;1-6-3-2-5-4-6;1-6-4-2-3-5-6;1-10-8-2(7-9-10)3(4,5)6;1-6-3-4-2-5-6/h2-4H,1H3;3*2-3H,1H3;3-4H,1H3;3-4H,1-2H3;3-4H,1-2H3;2-5H,1H3;2*2-4H,1H3;4*2-3H,1H3;2*2-4H,1H3;1H3;2-3H,1H3. The van der Waals surface area contributed by atoms with Crippen LogP contribution >= 0.6 is 61.5 Å². The Balaban J connectivity index is 0.000000727. The van der Waals surface area contributed by atoms with Crippen LogP contribution in [0.2, 0.25) is 5.02 Å². The molecular formula is C81H101BrClF16IN34O2S. The van der Waals surface area contributed by atoms with Crippen LogP contribution in [-0.4, -0.2) is 168 Å². The molecule has 56 heteroatoms. The van der Waals surface area contributed by atoms with E-state index in [4.69, 9.17) is 26.0 Å². The summed E-state index contributed by atoms with van der Waals surface area (Å²) >= 11 is 12.7. The third-order valence-corrected chi connectivity index (χ3v) is 16.1. The van der Waals surface area contributed by atoms with Gasteiger partial charge in [0.05, 0.1) is 131 Å². The Kier molecular flexibility index (Phi) is 55.8. The van der Waals surface area contributed by atoms with Crippen molar-refractivity contribution in [2.75, 3.05) is 7.11 Å². The zero-order valence-corrected chi connectivity index (χ0v) is 82.6. The van der Waals surface area contributed by atoms with E-state index < -0.39 is 59.2 Å². The smallest absolute Gasteiger partial charge is 0.455 e. The molecule has 0 aliphatic heterocycles. The lowest BCUT2D eigenvalue weighted by Crippen LogP contribution is -2.08. The van der Waals surface area contributed by atoms with Crippen LogP contribution < -0.4 is 4.74 Å². The number of nitriles is 1. The molecule has 18 heterocycles. The Hall–Kier alpha value is -14.1. The molecule has 0 spiro atoms. The minimum atomic E-state index is -4.49. The molecule has 0 saturated carbocycles. The van der Waals surface area contributed by atoms with Crippen LogP contribution in [0.5, 0.6) is 5.75 Å². The minimum Gasteiger partial charge on any atom is -0.493 e. The number of rotatable bonds is 1. The van der Waals surface area contributed by atoms with E-state index in [9.17, 15) is 70.2 Å². The number of alkyl halides is 15. The zero-order chi connectivity index (χ0) is 104. The lowest BCUT2D eigenvalue weighted by Gasteiger charge is -2.00. The molecular weight excluding hydrogens is 2060 g/mol. The van der Waals surface area contributed by atoms with E-state index in [0.29, 0.717) is 10.6 Å². The van der Waals surface area contributed by atoms with Crippen molar-refractivity contribution in [1.82, 2.24) is 161 Å². The largest absolute Gasteiger partial charge is 0.493 e. The molecule has 18 aromatic rings. The second-order valence-electron chi connectivity index (χ2n) is 26.9. The van der Waals surface area contributed by atoms with Crippen LogP contribution in [0, 0.1) is 41.5 Å². The number of furan rings is 1. The minimum absolute atomic E-state index is 0.289. The zero-order valence-electron chi connectivity index (χ0n) is 77.3. The molecule has 746 valence electrons. The van der Waals surface area contributed by atoms with Crippen molar-refractivity contribution in [3.63, 3.8) is 0 Å². The fraction of sp³-hybridized carbons (Fsp3) is 0.309. The number of hydrogen-bond donors (Lipinski definition) is 0. The van der Waals surface area contributed by atoms with Gasteiger partial charge in [0.15, 0.2) is 23.0 Å². The third kappa shape index (κ3) is 60.7. The predicted octanol–water partition coefficient (Wildman–Crippen LogP) is 17.2. The summed E-state index contributed by atoms with van der Waals surface area (Å²) in [6, 6.07) is 13.8. The molecule has 0 unspecified atom stereocenters. The molecule has 0 saturated heterocycles. The van der Waals surface area contributed by atoms with Gasteiger partial charge in [-0.1, -0.05) is 11.6 Å². The first kappa shape index (κ1) is 121. The highest BCUT2D eigenvalue weighted by Gasteiger charge is 2.37. The number of hydrogen-bond acceptors (Lipinski definition) is 21. The number of ether oxygens (including phenoxy) is 1. The van der Waals surface area contributed by atoms with E-state index in [1.165, 1.54) is 99.6 Å². The number of methoxy groups -OCH3 is 1. The normalized spacial score (nSPS) is 10.1. The molecule has 0 amide bonds. The van der Waals surface area contributed by atoms with Crippen LogP contribution in [0.15, 0.2) is 261 Å². The summed E-state index contributed by atoms with van der Waals surface area (Å²) in [5.41, 5.74) is 1.33. The van der Waals surface area contributed by atoms with E-state index in [-0.39, 0.29) is 5.82 Å². The van der Waals surface area contributed by atoms with E-state index in [1.807, 2.05) is 173 Å².